The van der Waals surface area contributed by atoms with Gasteiger partial charge in [-0.3, -0.25) is 4.79 Å². The van der Waals surface area contributed by atoms with Crippen LogP contribution < -0.4 is 5.32 Å². The van der Waals surface area contributed by atoms with Crippen molar-refractivity contribution in [1.82, 2.24) is 20.1 Å². The SMILES string of the molecule is CCn1c(SCC(=O)NC2(C#N)CCCCC2)nnc1-c1ccc(C(C)(C)C)cc1. The highest BCUT2D eigenvalue weighted by atomic mass is 32.2. The van der Waals surface area contributed by atoms with E-state index in [1.54, 1.807) is 0 Å². The number of benzene rings is 1. The Hall–Kier alpha value is -2.33. The van der Waals surface area contributed by atoms with Crippen LogP contribution in [0.1, 0.15) is 65.4 Å². The van der Waals surface area contributed by atoms with E-state index in [1.165, 1.54) is 17.3 Å². The van der Waals surface area contributed by atoms with E-state index in [1.807, 2.05) is 11.5 Å². The molecule has 0 atom stereocenters. The van der Waals surface area contributed by atoms with Gasteiger partial charge in [0, 0.05) is 12.1 Å². The number of hydrogen-bond donors (Lipinski definition) is 1. The molecule has 0 bridgehead atoms. The number of hydrogen-bond acceptors (Lipinski definition) is 5. The summed E-state index contributed by atoms with van der Waals surface area (Å²) >= 11 is 1.37. The summed E-state index contributed by atoms with van der Waals surface area (Å²) in [6.45, 7) is 9.35. The third-order valence-corrected chi connectivity index (χ3v) is 6.64. The van der Waals surface area contributed by atoms with Crippen LogP contribution in [0.4, 0.5) is 0 Å². The topological polar surface area (TPSA) is 83.6 Å². The maximum absolute atomic E-state index is 12.5. The van der Waals surface area contributed by atoms with E-state index >= 15 is 0 Å². The standard InChI is InChI=1S/C23H31N5OS/c1-5-28-20(17-9-11-18(12-10-17)22(2,3)4)26-27-21(28)30-15-19(29)25-23(16-24)13-7-6-8-14-23/h9-12H,5-8,13-15H2,1-4H3,(H,25,29). The fourth-order valence-corrected chi connectivity index (χ4v) is 4.67. The molecule has 1 aliphatic carbocycles. The van der Waals surface area contributed by atoms with E-state index in [4.69, 9.17) is 0 Å². The smallest absolute Gasteiger partial charge is 0.231 e. The Labute approximate surface area is 183 Å². The lowest BCUT2D eigenvalue weighted by Crippen LogP contribution is -2.49. The van der Waals surface area contributed by atoms with Crippen molar-refractivity contribution in [3.8, 4) is 17.5 Å². The first-order chi connectivity index (χ1) is 14.3. The normalized spacial score (nSPS) is 16.1. The molecule has 3 rings (SSSR count). The van der Waals surface area contributed by atoms with E-state index in [0.29, 0.717) is 0 Å². The molecule has 0 aliphatic heterocycles. The lowest BCUT2D eigenvalue weighted by molar-refractivity contribution is -0.120. The molecule has 1 aromatic heterocycles. The fourth-order valence-electron chi connectivity index (χ4n) is 3.87. The Morgan fingerprint density at radius 2 is 1.87 bits per heavy atom. The van der Waals surface area contributed by atoms with Gasteiger partial charge in [0.15, 0.2) is 11.0 Å². The fraction of sp³-hybridized carbons (Fsp3) is 0.565. The van der Waals surface area contributed by atoms with E-state index in [0.717, 1.165) is 55.2 Å². The van der Waals surface area contributed by atoms with Crippen molar-refractivity contribution in [1.29, 1.82) is 5.26 Å². The van der Waals surface area contributed by atoms with Crippen molar-refractivity contribution >= 4 is 17.7 Å². The quantitative estimate of drug-likeness (QED) is 0.678. The molecule has 7 heteroatoms. The van der Waals surface area contributed by atoms with Gasteiger partial charge in [-0.25, -0.2) is 0 Å². The van der Waals surface area contributed by atoms with Crippen LogP contribution in [0.5, 0.6) is 0 Å². The molecule has 1 aromatic carbocycles. The van der Waals surface area contributed by atoms with Crippen LogP contribution in [0.3, 0.4) is 0 Å². The molecule has 2 aromatic rings. The molecule has 1 amide bonds. The minimum Gasteiger partial charge on any atom is -0.337 e. The zero-order chi connectivity index (χ0) is 21.8. The first-order valence-electron chi connectivity index (χ1n) is 10.7. The van der Waals surface area contributed by atoms with Gasteiger partial charge in [0.1, 0.15) is 5.54 Å². The van der Waals surface area contributed by atoms with Gasteiger partial charge in [0.2, 0.25) is 5.91 Å². The second-order valence-corrected chi connectivity index (χ2v) is 9.91. The minimum absolute atomic E-state index is 0.102. The number of thioether (sulfide) groups is 1. The number of nitriles is 1. The second-order valence-electron chi connectivity index (χ2n) is 8.97. The molecule has 1 fully saturated rings. The molecular weight excluding hydrogens is 394 g/mol. The molecule has 1 N–H and O–H groups in total. The maximum atomic E-state index is 12.5. The van der Waals surface area contributed by atoms with E-state index in [2.05, 4.69) is 66.6 Å². The summed E-state index contributed by atoms with van der Waals surface area (Å²) in [6.07, 6.45) is 4.58. The zero-order valence-corrected chi connectivity index (χ0v) is 19.2. The molecular formula is C23H31N5OS. The second kappa shape index (κ2) is 9.22. The van der Waals surface area contributed by atoms with Gasteiger partial charge in [0.05, 0.1) is 11.8 Å². The first-order valence-corrected chi connectivity index (χ1v) is 11.7. The molecule has 1 heterocycles. The third kappa shape index (κ3) is 5.04. The first kappa shape index (κ1) is 22.4. The molecule has 6 nitrogen and oxygen atoms in total. The van der Waals surface area contributed by atoms with Gasteiger partial charge in [-0.15, -0.1) is 10.2 Å². The molecule has 30 heavy (non-hydrogen) atoms. The number of nitrogens with zero attached hydrogens (tertiary/aromatic N) is 4. The summed E-state index contributed by atoms with van der Waals surface area (Å²) in [7, 11) is 0. The number of carbonyl (C=O) groups is 1. The summed E-state index contributed by atoms with van der Waals surface area (Å²) < 4.78 is 2.03. The van der Waals surface area contributed by atoms with Crippen molar-refractivity contribution < 1.29 is 4.79 Å². The summed E-state index contributed by atoms with van der Waals surface area (Å²) in [4.78, 5) is 12.5. The van der Waals surface area contributed by atoms with Gasteiger partial charge in [0.25, 0.3) is 0 Å². The Morgan fingerprint density at radius 1 is 1.20 bits per heavy atom. The highest BCUT2D eigenvalue weighted by Crippen LogP contribution is 2.29. The Balaban J connectivity index is 1.69. The number of aromatic nitrogens is 3. The van der Waals surface area contributed by atoms with Crippen LogP contribution >= 0.6 is 11.8 Å². The summed E-state index contributed by atoms with van der Waals surface area (Å²) in [5, 5.41) is 22.0. The predicted molar refractivity (Wildman–Crippen MR) is 120 cm³/mol. The number of rotatable bonds is 6. The molecule has 160 valence electrons. The Kier molecular flexibility index (Phi) is 6.87. The lowest BCUT2D eigenvalue weighted by atomic mass is 9.83. The monoisotopic (exact) mass is 425 g/mol. The zero-order valence-electron chi connectivity index (χ0n) is 18.4. The molecule has 1 aliphatic rings. The van der Waals surface area contributed by atoms with Crippen molar-refractivity contribution in [3.05, 3.63) is 29.8 Å². The van der Waals surface area contributed by atoms with Crippen molar-refractivity contribution in [2.24, 2.45) is 0 Å². The summed E-state index contributed by atoms with van der Waals surface area (Å²) in [5.74, 6) is 0.914. The molecule has 0 saturated heterocycles. The van der Waals surface area contributed by atoms with Crippen LogP contribution in [0.2, 0.25) is 0 Å². The van der Waals surface area contributed by atoms with Crippen molar-refractivity contribution in [3.63, 3.8) is 0 Å². The van der Waals surface area contributed by atoms with Crippen LogP contribution in [0.25, 0.3) is 11.4 Å². The van der Waals surface area contributed by atoms with Gasteiger partial charge in [-0.2, -0.15) is 5.26 Å². The number of amides is 1. The van der Waals surface area contributed by atoms with Crippen LogP contribution in [-0.2, 0) is 16.8 Å². The average molecular weight is 426 g/mol. The van der Waals surface area contributed by atoms with E-state index in [9.17, 15) is 10.1 Å². The number of nitrogens with one attached hydrogen (secondary N) is 1. The largest absolute Gasteiger partial charge is 0.337 e. The molecule has 1 saturated carbocycles. The maximum Gasteiger partial charge on any atom is 0.231 e. The Morgan fingerprint density at radius 3 is 2.43 bits per heavy atom. The van der Waals surface area contributed by atoms with Gasteiger partial charge < -0.3 is 9.88 Å². The lowest BCUT2D eigenvalue weighted by Gasteiger charge is -2.31. The van der Waals surface area contributed by atoms with Crippen LogP contribution in [0.15, 0.2) is 29.4 Å². The van der Waals surface area contributed by atoms with Gasteiger partial charge in [-0.1, -0.05) is 76.1 Å². The predicted octanol–water partition coefficient (Wildman–Crippen LogP) is 4.70. The highest BCUT2D eigenvalue weighted by molar-refractivity contribution is 7.99. The van der Waals surface area contributed by atoms with Crippen molar-refractivity contribution in [2.75, 3.05) is 5.75 Å². The average Bonchev–Trinajstić information content (AvgIpc) is 3.15. The summed E-state index contributed by atoms with van der Waals surface area (Å²) in [6, 6.07) is 10.8. The van der Waals surface area contributed by atoms with Crippen LogP contribution in [0, 0.1) is 11.3 Å². The van der Waals surface area contributed by atoms with Crippen LogP contribution in [-0.4, -0.2) is 32.0 Å². The third-order valence-electron chi connectivity index (χ3n) is 5.67. The van der Waals surface area contributed by atoms with Gasteiger partial charge in [-0.05, 0) is 30.7 Å². The molecule has 0 radical (unpaired) electrons. The van der Waals surface area contributed by atoms with E-state index in [-0.39, 0.29) is 17.1 Å². The molecule has 0 spiro atoms. The Bertz CT molecular complexity index is 915. The number of carbonyl (C=O) groups excluding carboxylic acids is 1. The summed E-state index contributed by atoms with van der Waals surface area (Å²) in [5.41, 5.74) is 1.69. The van der Waals surface area contributed by atoms with Crippen molar-refractivity contribution in [2.45, 2.75) is 82.5 Å². The van der Waals surface area contributed by atoms with E-state index < -0.39 is 5.54 Å². The molecule has 0 unspecified atom stereocenters. The minimum atomic E-state index is -0.700. The van der Waals surface area contributed by atoms with Gasteiger partial charge >= 0.3 is 0 Å². The highest BCUT2D eigenvalue weighted by Gasteiger charge is 2.33.